The second kappa shape index (κ2) is 7.81. The molecule has 1 N–H and O–H groups in total. The number of carbonyl (C=O) groups excluding carboxylic acids is 1. The van der Waals surface area contributed by atoms with E-state index in [9.17, 15) is 4.79 Å². The third kappa shape index (κ3) is 4.36. The molecule has 0 unspecified atom stereocenters. The van der Waals surface area contributed by atoms with Crippen LogP contribution in [0.2, 0.25) is 10.0 Å². The molecule has 0 saturated carbocycles. The van der Waals surface area contributed by atoms with E-state index in [1.165, 1.54) is 10.2 Å². The zero-order valence-electron chi connectivity index (χ0n) is 14.3. The minimum atomic E-state index is -0.281. The number of aryl methyl sites for hydroxylation is 2. The van der Waals surface area contributed by atoms with Crippen molar-refractivity contribution in [1.82, 2.24) is 9.78 Å². The number of ether oxygens (including phenoxy) is 1. The summed E-state index contributed by atoms with van der Waals surface area (Å²) in [5, 5.41) is 8.00. The molecule has 5 nitrogen and oxygen atoms in total. The Morgan fingerprint density at radius 1 is 1.12 bits per heavy atom. The Balaban J connectivity index is 1.63. The van der Waals surface area contributed by atoms with Gasteiger partial charge in [-0.25, -0.2) is 4.68 Å². The third-order valence-electron chi connectivity index (χ3n) is 3.88. The molecule has 1 aromatic heterocycles. The number of halogens is 2. The fourth-order valence-corrected chi connectivity index (χ4v) is 2.76. The first kappa shape index (κ1) is 18.3. The van der Waals surface area contributed by atoms with Crippen LogP contribution in [0, 0.1) is 13.8 Å². The molecule has 0 aliphatic carbocycles. The van der Waals surface area contributed by atoms with Crippen molar-refractivity contribution in [3.63, 3.8) is 0 Å². The molecule has 0 bridgehead atoms. The van der Waals surface area contributed by atoms with Gasteiger partial charge in [0.2, 0.25) is 0 Å². The summed E-state index contributed by atoms with van der Waals surface area (Å²) in [5.74, 6) is 0.212. The van der Waals surface area contributed by atoms with Crippen LogP contribution in [-0.2, 0) is 6.73 Å². The zero-order chi connectivity index (χ0) is 18.7. The number of hydrogen-bond acceptors (Lipinski definition) is 3. The number of benzene rings is 2. The monoisotopic (exact) mass is 389 g/mol. The largest absolute Gasteiger partial charge is 0.470 e. The normalized spacial score (nSPS) is 10.6. The topological polar surface area (TPSA) is 56.2 Å². The smallest absolute Gasteiger partial charge is 0.276 e. The molecule has 1 amide bonds. The van der Waals surface area contributed by atoms with Crippen molar-refractivity contribution in [3.8, 4) is 5.75 Å². The Labute approximate surface area is 161 Å². The molecule has 2 aromatic carbocycles. The molecule has 0 spiro atoms. The van der Waals surface area contributed by atoms with E-state index < -0.39 is 0 Å². The van der Waals surface area contributed by atoms with Crippen molar-refractivity contribution < 1.29 is 9.53 Å². The van der Waals surface area contributed by atoms with Crippen LogP contribution in [0.15, 0.2) is 48.7 Å². The highest BCUT2D eigenvalue weighted by Gasteiger charge is 2.11. The number of aromatic nitrogens is 2. The summed E-state index contributed by atoms with van der Waals surface area (Å²) in [7, 11) is 0. The molecule has 0 aliphatic rings. The number of nitrogens with one attached hydrogen (secondary N) is 1. The van der Waals surface area contributed by atoms with Crippen molar-refractivity contribution in [1.29, 1.82) is 0 Å². The molecule has 3 rings (SSSR count). The summed E-state index contributed by atoms with van der Waals surface area (Å²) in [4.78, 5) is 12.3. The van der Waals surface area contributed by atoms with Crippen LogP contribution < -0.4 is 10.1 Å². The van der Waals surface area contributed by atoms with Crippen LogP contribution in [0.25, 0.3) is 0 Å². The predicted molar refractivity (Wildman–Crippen MR) is 103 cm³/mol. The molecular weight excluding hydrogens is 373 g/mol. The van der Waals surface area contributed by atoms with Gasteiger partial charge < -0.3 is 10.1 Å². The highest BCUT2D eigenvalue weighted by atomic mass is 35.5. The first-order chi connectivity index (χ1) is 12.4. The average Bonchev–Trinajstić information content (AvgIpc) is 3.06. The van der Waals surface area contributed by atoms with Crippen molar-refractivity contribution in [2.45, 2.75) is 20.6 Å². The number of carbonyl (C=O) groups is 1. The maximum atomic E-state index is 12.3. The number of anilines is 1. The summed E-state index contributed by atoms with van der Waals surface area (Å²) in [5.41, 5.74) is 3.32. The van der Waals surface area contributed by atoms with Crippen LogP contribution in [-0.4, -0.2) is 15.7 Å². The molecule has 0 atom stereocenters. The molecule has 26 heavy (non-hydrogen) atoms. The minimum Gasteiger partial charge on any atom is -0.470 e. The van der Waals surface area contributed by atoms with Gasteiger partial charge in [0.15, 0.2) is 12.4 Å². The van der Waals surface area contributed by atoms with Crippen molar-refractivity contribution >= 4 is 34.8 Å². The molecule has 3 aromatic rings. The fraction of sp³-hybridized carbons (Fsp3) is 0.158. The van der Waals surface area contributed by atoms with Crippen LogP contribution in [0.1, 0.15) is 21.6 Å². The van der Waals surface area contributed by atoms with Gasteiger partial charge in [-0.2, -0.15) is 5.10 Å². The Morgan fingerprint density at radius 3 is 2.65 bits per heavy atom. The van der Waals surface area contributed by atoms with E-state index in [2.05, 4.69) is 10.4 Å². The van der Waals surface area contributed by atoms with E-state index in [0.717, 1.165) is 11.3 Å². The van der Waals surface area contributed by atoms with Crippen LogP contribution in [0.3, 0.4) is 0 Å². The summed E-state index contributed by atoms with van der Waals surface area (Å²) < 4.78 is 7.11. The lowest BCUT2D eigenvalue weighted by atomic mass is 10.1. The van der Waals surface area contributed by atoms with E-state index in [-0.39, 0.29) is 12.6 Å². The van der Waals surface area contributed by atoms with Gasteiger partial charge in [0.25, 0.3) is 5.91 Å². The second-order valence-electron chi connectivity index (χ2n) is 5.84. The molecule has 1 heterocycles. The van der Waals surface area contributed by atoms with E-state index in [1.54, 1.807) is 30.5 Å². The summed E-state index contributed by atoms with van der Waals surface area (Å²) >= 11 is 11.9. The van der Waals surface area contributed by atoms with Gasteiger partial charge >= 0.3 is 0 Å². The summed E-state index contributed by atoms with van der Waals surface area (Å²) in [6, 6.07) is 12.4. The lowest BCUT2D eigenvalue weighted by Gasteiger charge is -2.08. The van der Waals surface area contributed by atoms with Crippen molar-refractivity contribution in [2.75, 3.05) is 5.32 Å². The lowest BCUT2D eigenvalue weighted by Crippen LogP contribution is -2.14. The Kier molecular flexibility index (Phi) is 5.49. The average molecular weight is 390 g/mol. The Morgan fingerprint density at radius 2 is 1.92 bits per heavy atom. The Hall–Kier alpha value is -2.50. The highest BCUT2D eigenvalue weighted by molar-refractivity contribution is 6.35. The first-order valence-corrected chi connectivity index (χ1v) is 8.68. The van der Waals surface area contributed by atoms with Crippen LogP contribution in [0.4, 0.5) is 5.69 Å². The van der Waals surface area contributed by atoms with Crippen molar-refractivity contribution in [3.05, 3.63) is 75.5 Å². The summed E-state index contributed by atoms with van der Waals surface area (Å²) in [6.07, 6.45) is 1.67. The van der Waals surface area contributed by atoms with Gasteiger partial charge in [0.1, 0.15) is 5.75 Å². The van der Waals surface area contributed by atoms with E-state index in [0.29, 0.717) is 21.5 Å². The molecule has 0 radical (unpaired) electrons. The highest BCUT2D eigenvalue weighted by Crippen LogP contribution is 2.27. The Bertz CT molecular complexity index is 954. The quantitative estimate of drug-likeness (QED) is 0.660. The molecule has 0 fully saturated rings. The predicted octanol–water partition coefficient (Wildman–Crippen LogP) is 5.10. The lowest BCUT2D eigenvalue weighted by molar-refractivity contribution is 0.102. The van der Waals surface area contributed by atoms with Gasteiger partial charge in [-0.1, -0.05) is 29.3 Å². The maximum absolute atomic E-state index is 12.3. The summed E-state index contributed by atoms with van der Waals surface area (Å²) in [6.45, 7) is 4.15. The van der Waals surface area contributed by atoms with Gasteiger partial charge in [-0.05, 0) is 61.4 Å². The van der Waals surface area contributed by atoms with E-state index >= 15 is 0 Å². The molecule has 7 heteroatoms. The standard InChI is InChI=1S/C19H17Cl2N3O2/c1-12-3-5-15(9-13(12)2)22-19(25)17-7-8-24(23-17)11-26-18-6-4-14(20)10-16(18)21/h3-10H,11H2,1-2H3,(H,22,25). The minimum absolute atomic E-state index is 0.123. The van der Waals surface area contributed by atoms with E-state index in [4.69, 9.17) is 27.9 Å². The SMILES string of the molecule is Cc1ccc(NC(=O)c2ccn(COc3ccc(Cl)cc3Cl)n2)cc1C. The van der Waals surface area contributed by atoms with Crippen molar-refractivity contribution in [2.24, 2.45) is 0 Å². The van der Waals surface area contributed by atoms with Crippen LogP contribution >= 0.6 is 23.2 Å². The second-order valence-corrected chi connectivity index (χ2v) is 6.69. The molecule has 134 valence electrons. The van der Waals surface area contributed by atoms with Crippen LogP contribution in [0.5, 0.6) is 5.75 Å². The van der Waals surface area contributed by atoms with Gasteiger partial charge in [0.05, 0.1) is 5.02 Å². The zero-order valence-corrected chi connectivity index (χ0v) is 15.8. The number of rotatable bonds is 5. The first-order valence-electron chi connectivity index (χ1n) is 7.92. The molecule has 0 saturated heterocycles. The number of nitrogens with zero attached hydrogens (tertiary/aromatic N) is 2. The number of hydrogen-bond donors (Lipinski definition) is 1. The van der Waals surface area contributed by atoms with Gasteiger partial charge in [0, 0.05) is 16.9 Å². The molecule has 0 aliphatic heterocycles. The fourth-order valence-electron chi connectivity index (χ4n) is 2.30. The molecular formula is C19H17Cl2N3O2. The maximum Gasteiger partial charge on any atom is 0.276 e. The van der Waals surface area contributed by atoms with E-state index in [1.807, 2.05) is 32.0 Å². The van der Waals surface area contributed by atoms with Gasteiger partial charge in [-0.3, -0.25) is 4.79 Å². The van der Waals surface area contributed by atoms with Gasteiger partial charge in [-0.15, -0.1) is 0 Å². The number of amides is 1. The third-order valence-corrected chi connectivity index (χ3v) is 4.41.